The molecule has 4 nitrogen and oxygen atoms in total. The highest BCUT2D eigenvalue weighted by atomic mass is 16.4. The summed E-state index contributed by atoms with van der Waals surface area (Å²) >= 11 is 0. The molecular weight excluding hydrogens is 217 g/mol. The summed E-state index contributed by atoms with van der Waals surface area (Å²) in [5, 5.41) is 20.7. The van der Waals surface area contributed by atoms with E-state index in [1.54, 1.807) is 24.3 Å². The molecule has 1 aromatic rings. The van der Waals surface area contributed by atoms with E-state index in [0.29, 0.717) is 17.6 Å². The molecule has 1 amide bonds. The van der Waals surface area contributed by atoms with E-state index in [2.05, 4.69) is 12.2 Å². The summed E-state index contributed by atoms with van der Waals surface area (Å²) < 4.78 is 0. The molecule has 0 aliphatic heterocycles. The lowest BCUT2D eigenvalue weighted by Gasteiger charge is -2.06. The van der Waals surface area contributed by atoms with Crippen LogP contribution >= 0.6 is 0 Å². The van der Waals surface area contributed by atoms with Crippen molar-refractivity contribution >= 4 is 24.2 Å². The van der Waals surface area contributed by atoms with Gasteiger partial charge < -0.3 is 15.4 Å². The number of unbranched alkanes of at least 4 members (excludes halogenated alkanes) is 2. The summed E-state index contributed by atoms with van der Waals surface area (Å²) in [5.74, 6) is -0.0389. The number of hydrogen-bond donors (Lipinski definition) is 3. The second-order valence-electron chi connectivity index (χ2n) is 4.00. The van der Waals surface area contributed by atoms with Gasteiger partial charge in [0, 0.05) is 12.1 Å². The van der Waals surface area contributed by atoms with Gasteiger partial charge in [-0.15, -0.1) is 0 Å². The van der Waals surface area contributed by atoms with Crippen LogP contribution in [0.5, 0.6) is 0 Å². The first kappa shape index (κ1) is 13.7. The van der Waals surface area contributed by atoms with E-state index >= 15 is 0 Å². The van der Waals surface area contributed by atoms with Crippen LogP contribution in [-0.4, -0.2) is 23.1 Å². The molecule has 0 heterocycles. The molecule has 5 heteroatoms. The van der Waals surface area contributed by atoms with Gasteiger partial charge in [0.1, 0.15) is 0 Å². The molecule has 0 unspecified atom stereocenters. The van der Waals surface area contributed by atoms with Crippen molar-refractivity contribution in [2.24, 2.45) is 0 Å². The SMILES string of the molecule is CCCCCC(=O)Nc1cccc(B(O)O)c1. The number of rotatable bonds is 6. The lowest BCUT2D eigenvalue weighted by Crippen LogP contribution is -2.30. The van der Waals surface area contributed by atoms with E-state index in [1.165, 1.54) is 0 Å². The zero-order valence-electron chi connectivity index (χ0n) is 10.0. The van der Waals surface area contributed by atoms with E-state index in [1.807, 2.05) is 0 Å². The number of benzene rings is 1. The van der Waals surface area contributed by atoms with Gasteiger partial charge in [-0.2, -0.15) is 0 Å². The zero-order chi connectivity index (χ0) is 12.7. The molecule has 0 bridgehead atoms. The highest BCUT2D eigenvalue weighted by Gasteiger charge is 2.11. The molecule has 1 rings (SSSR count). The number of nitrogens with one attached hydrogen (secondary N) is 1. The lowest BCUT2D eigenvalue weighted by molar-refractivity contribution is -0.116. The number of carbonyl (C=O) groups is 1. The van der Waals surface area contributed by atoms with Crippen LogP contribution in [0.2, 0.25) is 0 Å². The van der Waals surface area contributed by atoms with Crippen molar-refractivity contribution < 1.29 is 14.8 Å². The number of carbonyl (C=O) groups excluding carboxylic acids is 1. The van der Waals surface area contributed by atoms with E-state index < -0.39 is 7.12 Å². The monoisotopic (exact) mass is 235 g/mol. The molecule has 3 N–H and O–H groups in total. The second-order valence-corrected chi connectivity index (χ2v) is 4.00. The standard InChI is InChI=1S/C12H18BNO3/c1-2-3-4-8-12(15)14-11-7-5-6-10(9-11)13(16)17/h5-7,9,16-17H,2-4,8H2,1H3,(H,14,15). The van der Waals surface area contributed by atoms with Crippen LogP contribution in [0.3, 0.4) is 0 Å². The topological polar surface area (TPSA) is 69.6 Å². The van der Waals surface area contributed by atoms with Gasteiger partial charge in [0.05, 0.1) is 0 Å². The van der Waals surface area contributed by atoms with Crippen LogP contribution in [0, 0.1) is 0 Å². The van der Waals surface area contributed by atoms with E-state index in [0.717, 1.165) is 19.3 Å². The Morgan fingerprint density at radius 2 is 2.12 bits per heavy atom. The molecule has 1 aromatic carbocycles. The number of hydrogen-bond acceptors (Lipinski definition) is 3. The number of anilines is 1. The fourth-order valence-corrected chi connectivity index (χ4v) is 1.54. The molecule has 0 radical (unpaired) electrons. The molecule has 0 aliphatic carbocycles. The van der Waals surface area contributed by atoms with Crippen molar-refractivity contribution in [3.63, 3.8) is 0 Å². The van der Waals surface area contributed by atoms with Gasteiger partial charge in [-0.3, -0.25) is 4.79 Å². The highest BCUT2D eigenvalue weighted by molar-refractivity contribution is 6.58. The Balaban J connectivity index is 2.50. The maximum absolute atomic E-state index is 11.5. The van der Waals surface area contributed by atoms with Gasteiger partial charge in [0.15, 0.2) is 0 Å². The summed E-state index contributed by atoms with van der Waals surface area (Å²) in [5.41, 5.74) is 0.966. The molecule has 0 fully saturated rings. The van der Waals surface area contributed by atoms with E-state index in [9.17, 15) is 4.79 Å². The number of amides is 1. The molecule has 0 aromatic heterocycles. The molecule has 0 atom stereocenters. The Bertz CT molecular complexity index is 369. The third kappa shape index (κ3) is 5.02. The van der Waals surface area contributed by atoms with Crippen LogP contribution in [0.1, 0.15) is 32.6 Å². The molecule has 0 aliphatic rings. The average Bonchev–Trinajstić information content (AvgIpc) is 2.29. The average molecular weight is 235 g/mol. The lowest BCUT2D eigenvalue weighted by atomic mass is 9.80. The molecule has 0 spiro atoms. The molecule has 0 saturated heterocycles. The van der Waals surface area contributed by atoms with Crippen molar-refractivity contribution in [1.82, 2.24) is 0 Å². The van der Waals surface area contributed by atoms with Gasteiger partial charge in [-0.1, -0.05) is 31.9 Å². The van der Waals surface area contributed by atoms with Crippen molar-refractivity contribution in [2.75, 3.05) is 5.32 Å². The van der Waals surface area contributed by atoms with Crippen molar-refractivity contribution in [1.29, 1.82) is 0 Å². The molecule has 17 heavy (non-hydrogen) atoms. The maximum atomic E-state index is 11.5. The summed E-state index contributed by atoms with van der Waals surface area (Å²) in [6.45, 7) is 2.09. The second kappa shape index (κ2) is 7.09. The smallest absolute Gasteiger partial charge is 0.423 e. The van der Waals surface area contributed by atoms with Crippen molar-refractivity contribution in [2.45, 2.75) is 32.6 Å². The summed E-state index contributed by atoms with van der Waals surface area (Å²) in [4.78, 5) is 11.5. The summed E-state index contributed by atoms with van der Waals surface area (Å²) in [7, 11) is -1.51. The van der Waals surface area contributed by atoms with Crippen molar-refractivity contribution in [3.8, 4) is 0 Å². The minimum absolute atomic E-state index is 0.0389. The van der Waals surface area contributed by atoms with Gasteiger partial charge in [0.2, 0.25) is 5.91 Å². The predicted octanol–water partition coefficient (Wildman–Crippen LogP) is 0.885. The Morgan fingerprint density at radius 3 is 2.76 bits per heavy atom. The predicted molar refractivity (Wildman–Crippen MR) is 69.0 cm³/mol. The van der Waals surface area contributed by atoms with Crippen LogP contribution in [0.4, 0.5) is 5.69 Å². The van der Waals surface area contributed by atoms with Gasteiger partial charge >= 0.3 is 7.12 Å². The third-order valence-electron chi connectivity index (χ3n) is 2.48. The molecular formula is C12H18BNO3. The Morgan fingerprint density at radius 1 is 1.35 bits per heavy atom. The zero-order valence-corrected chi connectivity index (χ0v) is 10.0. The van der Waals surface area contributed by atoms with Gasteiger partial charge in [-0.25, -0.2) is 0 Å². The third-order valence-corrected chi connectivity index (χ3v) is 2.48. The van der Waals surface area contributed by atoms with Crippen LogP contribution < -0.4 is 10.8 Å². The van der Waals surface area contributed by atoms with Gasteiger partial charge in [-0.05, 0) is 24.0 Å². The molecule has 0 saturated carbocycles. The Kier molecular flexibility index (Phi) is 5.73. The quantitative estimate of drug-likeness (QED) is 0.506. The summed E-state index contributed by atoms with van der Waals surface area (Å²) in [6.07, 6.45) is 3.51. The normalized spacial score (nSPS) is 10.1. The summed E-state index contributed by atoms with van der Waals surface area (Å²) in [6, 6.07) is 6.56. The van der Waals surface area contributed by atoms with Gasteiger partial charge in [0.25, 0.3) is 0 Å². The van der Waals surface area contributed by atoms with Crippen LogP contribution in [0.25, 0.3) is 0 Å². The van der Waals surface area contributed by atoms with E-state index in [-0.39, 0.29) is 5.91 Å². The minimum atomic E-state index is -1.51. The molecule has 92 valence electrons. The van der Waals surface area contributed by atoms with E-state index in [4.69, 9.17) is 10.0 Å². The minimum Gasteiger partial charge on any atom is -0.423 e. The first-order chi connectivity index (χ1) is 8.13. The largest absolute Gasteiger partial charge is 0.488 e. The fourth-order valence-electron chi connectivity index (χ4n) is 1.54. The highest BCUT2D eigenvalue weighted by Crippen LogP contribution is 2.06. The maximum Gasteiger partial charge on any atom is 0.488 e. The Hall–Kier alpha value is -1.33. The Labute approximate surface area is 102 Å². The van der Waals surface area contributed by atoms with Crippen molar-refractivity contribution in [3.05, 3.63) is 24.3 Å². The van der Waals surface area contributed by atoms with Crippen LogP contribution in [-0.2, 0) is 4.79 Å². The first-order valence-electron chi connectivity index (χ1n) is 5.89. The van der Waals surface area contributed by atoms with Crippen LogP contribution in [0.15, 0.2) is 24.3 Å². The fraction of sp³-hybridized carbons (Fsp3) is 0.417. The first-order valence-corrected chi connectivity index (χ1v) is 5.89.